The molecular weight excluding hydrogens is 352 g/mol. The molecule has 8 nitrogen and oxygen atoms in total. The number of aliphatic carboxylic acids is 1. The van der Waals surface area contributed by atoms with Crippen molar-refractivity contribution in [2.45, 2.75) is 50.7 Å². The minimum absolute atomic E-state index is 0.00405. The SMILES string of the molecule is COC(=O)[C@@H]1C[C@@H](NC(C)=O)[C@H](c2ccccc2)N1C(=O)CCCC(=O)O. The van der Waals surface area contributed by atoms with Crippen LogP contribution in [0.4, 0.5) is 0 Å². The van der Waals surface area contributed by atoms with Crippen molar-refractivity contribution in [1.29, 1.82) is 0 Å². The van der Waals surface area contributed by atoms with Gasteiger partial charge in [-0.1, -0.05) is 30.3 Å². The van der Waals surface area contributed by atoms with Gasteiger partial charge in [0.2, 0.25) is 11.8 Å². The maximum absolute atomic E-state index is 12.9. The lowest BCUT2D eigenvalue weighted by Gasteiger charge is -2.31. The molecule has 27 heavy (non-hydrogen) atoms. The fourth-order valence-electron chi connectivity index (χ4n) is 3.51. The summed E-state index contributed by atoms with van der Waals surface area (Å²) in [6.07, 6.45) is 0.269. The third-order valence-electron chi connectivity index (χ3n) is 4.57. The number of carboxylic acids is 1. The van der Waals surface area contributed by atoms with Gasteiger partial charge in [0.05, 0.1) is 19.2 Å². The summed E-state index contributed by atoms with van der Waals surface area (Å²) in [5.41, 5.74) is 0.786. The van der Waals surface area contributed by atoms with Gasteiger partial charge in [0.1, 0.15) is 6.04 Å². The number of esters is 1. The molecule has 1 aliphatic rings. The van der Waals surface area contributed by atoms with Crippen LogP contribution in [0.2, 0.25) is 0 Å². The third-order valence-corrected chi connectivity index (χ3v) is 4.57. The summed E-state index contributed by atoms with van der Waals surface area (Å²) in [7, 11) is 1.25. The number of nitrogens with one attached hydrogen (secondary N) is 1. The van der Waals surface area contributed by atoms with E-state index in [9.17, 15) is 19.2 Å². The highest BCUT2D eigenvalue weighted by Crippen LogP contribution is 2.37. The smallest absolute Gasteiger partial charge is 0.328 e. The van der Waals surface area contributed by atoms with Gasteiger partial charge in [0.25, 0.3) is 0 Å². The van der Waals surface area contributed by atoms with E-state index in [-0.39, 0.29) is 37.5 Å². The molecule has 0 radical (unpaired) electrons. The van der Waals surface area contributed by atoms with Crippen LogP contribution in [0.1, 0.15) is 44.2 Å². The Labute approximate surface area is 157 Å². The molecule has 0 aromatic heterocycles. The van der Waals surface area contributed by atoms with Gasteiger partial charge in [0.15, 0.2) is 0 Å². The zero-order chi connectivity index (χ0) is 20.0. The van der Waals surface area contributed by atoms with E-state index in [4.69, 9.17) is 9.84 Å². The van der Waals surface area contributed by atoms with Crippen LogP contribution < -0.4 is 5.32 Å². The minimum Gasteiger partial charge on any atom is -0.481 e. The number of rotatable bonds is 7. The molecule has 2 amide bonds. The quantitative estimate of drug-likeness (QED) is 0.693. The van der Waals surface area contributed by atoms with Gasteiger partial charge in [-0.05, 0) is 12.0 Å². The highest BCUT2D eigenvalue weighted by Gasteiger charge is 2.48. The molecule has 1 aromatic carbocycles. The molecule has 0 bridgehead atoms. The summed E-state index contributed by atoms with van der Waals surface area (Å²) in [4.78, 5) is 49.0. The highest BCUT2D eigenvalue weighted by atomic mass is 16.5. The topological polar surface area (TPSA) is 113 Å². The minimum atomic E-state index is -0.982. The van der Waals surface area contributed by atoms with E-state index >= 15 is 0 Å². The van der Waals surface area contributed by atoms with Crippen LogP contribution in [-0.2, 0) is 23.9 Å². The number of carboxylic acid groups (broad SMARTS) is 1. The van der Waals surface area contributed by atoms with Crippen LogP contribution in [-0.4, -0.2) is 53.0 Å². The first-order valence-electron chi connectivity index (χ1n) is 8.78. The van der Waals surface area contributed by atoms with Crippen LogP contribution in [0.3, 0.4) is 0 Å². The van der Waals surface area contributed by atoms with Crippen LogP contribution in [0.25, 0.3) is 0 Å². The van der Waals surface area contributed by atoms with Crippen molar-refractivity contribution in [3.05, 3.63) is 35.9 Å². The van der Waals surface area contributed by atoms with Crippen molar-refractivity contribution in [3.63, 3.8) is 0 Å². The van der Waals surface area contributed by atoms with Crippen LogP contribution in [0, 0.1) is 0 Å². The van der Waals surface area contributed by atoms with Crippen molar-refractivity contribution < 1.29 is 29.0 Å². The van der Waals surface area contributed by atoms with Crippen molar-refractivity contribution in [1.82, 2.24) is 10.2 Å². The number of carbonyl (C=O) groups excluding carboxylic acids is 3. The highest BCUT2D eigenvalue weighted by molar-refractivity contribution is 5.86. The second-order valence-electron chi connectivity index (χ2n) is 6.49. The molecule has 1 aliphatic heterocycles. The summed E-state index contributed by atoms with van der Waals surface area (Å²) in [5, 5.41) is 11.6. The maximum atomic E-state index is 12.9. The Balaban J connectivity index is 2.36. The number of ether oxygens (including phenoxy) is 1. The van der Waals surface area contributed by atoms with Crippen molar-refractivity contribution >= 4 is 23.8 Å². The summed E-state index contributed by atoms with van der Waals surface area (Å²) in [6, 6.07) is 7.32. The predicted octanol–water partition coefficient (Wildman–Crippen LogP) is 1.26. The first-order chi connectivity index (χ1) is 12.8. The van der Waals surface area contributed by atoms with Crippen LogP contribution in [0.15, 0.2) is 30.3 Å². The molecule has 0 spiro atoms. The Morgan fingerprint density at radius 2 is 1.85 bits per heavy atom. The molecule has 3 atom stereocenters. The Kier molecular flexibility index (Phi) is 6.92. The van der Waals surface area contributed by atoms with E-state index in [1.807, 2.05) is 30.3 Å². The molecule has 1 aromatic rings. The summed E-state index contributed by atoms with van der Waals surface area (Å²) in [5.74, 6) is -2.14. The van der Waals surface area contributed by atoms with Gasteiger partial charge < -0.3 is 20.1 Å². The van der Waals surface area contributed by atoms with E-state index in [1.165, 1.54) is 18.9 Å². The van der Waals surface area contributed by atoms with E-state index in [0.29, 0.717) is 0 Å². The molecule has 0 aliphatic carbocycles. The van der Waals surface area contributed by atoms with Crippen molar-refractivity contribution in [2.75, 3.05) is 7.11 Å². The molecule has 0 unspecified atom stereocenters. The number of amides is 2. The first-order valence-corrected chi connectivity index (χ1v) is 8.78. The largest absolute Gasteiger partial charge is 0.481 e. The van der Waals surface area contributed by atoms with Gasteiger partial charge in [-0.25, -0.2) is 4.79 Å². The van der Waals surface area contributed by atoms with Gasteiger partial charge in [0, 0.05) is 26.2 Å². The first kappa shape index (κ1) is 20.4. The number of likely N-dealkylation sites (tertiary alicyclic amines) is 1. The number of benzene rings is 1. The fraction of sp³-hybridized carbons (Fsp3) is 0.474. The van der Waals surface area contributed by atoms with Gasteiger partial charge in [-0.15, -0.1) is 0 Å². The lowest BCUT2D eigenvalue weighted by molar-refractivity contribution is -0.152. The normalized spacial score (nSPS) is 21.6. The Morgan fingerprint density at radius 1 is 1.19 bits per heavy atom. The zero-order valence-electron chi connectivity index (χ0n) is 15.4. The molecule has 1 saturated heterocycles. The number of nitrogens with zero attached hydrogens (tertiary/aromatic N) is 1. The molecule has 1 fully saturated rings. The monoisotopic (exact) mass is 376 g/mol. The molecule has 146 valence electrons. The lowest BCUT2D eigenvalue weighted by Crippen LogP contribution is -2.44. The van der Waals surface area contributed by atoms with Crippen molar-refractivity contribution in [2.24, 2.45) is 0 Å². The van der Waals surface area contributed by atoms with Gasteiger partial charge >= 0.3 is 11.9 Å². The molecule has 2 N–H and O–H groups in total. The van der Waals surface area contributed by atoms with E-state index in [2.05, 4.69) is 5.32 Å². The average molecular weight is 376 g/mol. The fourth-order valence-corrected chi connectivity index (χ4v) is 3.51. The number of carbonyl (C=O) groups is 4. The van der Waals surface area contributed by atoms with E-state index in [0.717, 1.165) is 5.56 Å². The van der Waals surface area contributed by atoms with Gasteiger partial charge in [-0.3, -0.25) is 14.4 Å². The van der Waals surface area contributed by atoms with Crippen LogP contribution >= 0.6 is 0 Å². The molecule has 8 heteroatoms. The molecular formula is C19H24N2O6. The summed E-state index contributed by atoms with van der Waals surface area (Å²) in [6.45, 7) is 1.38. The summed E-state index contributed by atoms with van der Waals surface area (Å²) >= 11 is 0. The number of hydrogen-bond donors (Lipinski definition) is 2. The zero-order valence-corrected chi connectivity index (χ0v) is 15.4. The number of hydrogen-bond acceptors (Lipinski definition) is 5. The van der Waals surface area contributed by atoms with Crippen LogP contribution in [0.5, 0.6) is 0 Å². The molecule has 1 heterocycles. The third kappa shape index (κ3) is 5.06. The Morgan fingerprint density at radius 3 is 2.41 bits per heavy atom. The molecule has 2 rings (SSSR count). The Bertz CT molecular complexity index is 705. The number of methoxy groups -OCH3 is 1. The Hall–Kier alpha value is -2.90. The second-order valence-corrected chi connectivity index (χ2v) is 6.49. The lowest BCUT2D eigenvalue weighted by atomic mass is 9.99. The van der Waals surface area contributed by atoms with Gasteiger partial charge in [-0.2, -0.15) is 0 Å². The van der Waals surface area contributed by atoms with E-state index < -0.39 is 30.1 Å². The summed E-state index contributed by atoms with van der Waals surface area (Å²) < 4.78 is 4.86. The van der Waals surface area contributed by atoms with E-state index in [1.54, 1.807) is 0 Å². The molecule has 0 saturated carbocycles. The predicted molar refractivity (Wildman–Crippen MR) is 95.5 cm³/mol. The second kappa shape index (κ2) is 9.16. The standard InChI is InChI=1S/C19H24N2O6/c1-12(22)20-14-11-15(19(26)27-2)21(16(23)9-6-10-17(24)25)18(14)13-7-4-3-5-8-13/h3-5,7-8,14-15,18H,6,9-11H2,1-2H3,(H,20,22)(H,24,25)/t14-,15+,18+/m1/s1. The average Bonchev–Trinajstić information content (AvgIpc) is 2.99. The van der Waals surface area contributed by atoms with Crippen molar-refractivity contribution in [3.8, 4) is 0 Å². The maximum Gasteiger partial charge on any atom is 0.328 e.